The number of morpholine rings is 1. The third-order valence-corrected chi connectivity index (χ3v) is 3.83. The highest BCUT2D eigenvalue weighted by Crippen LogP contribution is 2.28. The van der Waals surface area contributed by atoms with Crippen LogP contribution in [0.2, 0.25) is 0 Å². The molecule has 98 valence electrons. The summed E-state index contributed by atoms with van der Waals surface area (Å²) in [5.74, 6) is 0.952. The molecule has 18 heavy (non-hydrogen) atoms. The largest absolute Gasteiger partial charge is 0.379 e. The fourth-order valence-electron chi connectivity index (χ4n) is 2.69. The van der Waals surface area contributed by atoms with E-state index < -0.39 is 0 Å². The Kier molecular flexibility index (Phi) is 3.43. The van der Waals surface area contributed by atoms with E-state index in [0.717, 1.165) is 43.9 Å². The summed E-state index contributed by atoms with van der Waals surface area (Å²) in [6.07, 6.45) is 4.04. The molecule has 1 aromatic rings. The van der Waals surface area contributed by atoms with Crippen molar-refractivity contribution in [3.63, 3.8) is 0 Å². The highest BCUT2D eigenvalue weighted by molar-refractivity contribution is 5.36. The maximum atomic E-state index is 5.38. The van der Waals surface area contributed by atoms with Crippen LogP contribution < -0.4 is 5.32 Å². The van der Waals surface area contributed by atoms with E-state index in [4.69, 9.17) is 4.74 Å². The van der Waals surface area contributed by atoms with Gasteiger partial charge in [-0.1, -0.05) is 0 Å². The van der Waals surface area contributed by atoms with Gasteiger partial charge in [0.25, 0.3) is 0 Å². The Morgan fingerprint density at radius 3 is 2.78 bits per heavy atom. The van der Waals surface area contributed by atoms with Crippen molar-refractivity contribution >= 4 is 5.82 Å². The second-order valence-corrected chi connectivity index (χ2v) is 5.16. The Bertz CT molecular complexity index is 400. The number of nitrogens with zero attached hydrogens (tertiary/aromatic N) is 3. The van der Waals surface area contributed by atoms with Gasteiger partial charge in [0, 0.05) is 36.9 Å². The van der Waals surface area contributed by atoms with E-state index in [1.54, 1.807) is 6.33 Å². The normalized spacial score (nSPS) is 28.7. The molecule has 0 unspecified atom stereocenters. The number of nitrogens with one attached hydrogen (secondary N) is 1. The molecular weight excluding hydrogens is 228 g/mol. The molecule has 2 fully saturated rings. The zero-order valence-corrected chi connectivity index (χ0v) is 10.8. The summed E-state index contributed by atoms with van der Waals surface area (Å²) in [6, 6.07) is 3.30. The molecule has 0 atom stereocenters. The van der Waals surface area contributed by atoms with Crippen molar-refractivity contribution in [1.29, 1.82) is 0 Å². The zero-order chi connectivity index (χ0) is 12.4. The van der Waals surface area contributed by atoms with Gasteiger partial charge < -0.3 is 10.1 Å². The lowest BCUT2D eigenvalue weighted by Crippen LogP contribution is -2.53. The number of hydrogen-bond donors (Lipinski definition) is 1. The van der Waals surface area contributed by atoms with Crippen LogP contribution in [0.1, 0.15) is 18.5 Å². The highest BCUT2D eigenvalue weighted by atomic mass is 16.5. The average molecular weight is 248 g/mol. The minimum atomic E-state index is 0.562. The van der Waals surface area contributed by atoms with E-state index in [-0.39, 0.29) is 0 Å². The monoisotopic (exact) mass is 248 g/mol. The lowest BCUT2D eigenvalue weighted by Gasteiger charge is -2.44. The molecule has 5 nitrogen and oxygen atoms in total. The predicted molar refractivity (Wildman–Crippen MR) is 69.6 cm³/mol. The number of rotatable bonds is 3. The zero-order valence-electron chi connectivity index (χ0n) is 10.8. The molecule has 1 aromatic heterocycles. The van der Waals surface area contributed by atoms with Crippen molar-refractivity contribution in [3.8, 4) is 0 Å². The molecule has 0 bridgehead atoms. The number of aryl methyl sites for hydroxylation is 1. The van der Waals surface area contributed by atoms with E-state index in [2.05, 4.69) is 20.2 Å². The topological polar surface area (TPSA) is 50.3 Å². The first-order chi connectivity index (χ1) is 8.81. The summed E-state index contributed by atoms with van der Waals surface area (Å²) in [7, 11) is 0. The molecule has 0 spiro atoms. The number of anilines is 1. The Labute approximate surface area is 108 Å². The summed E-state index contributed by atoms with van der Waals surface area (Å²) in [5.41, 5.74) is 1.01. The van der Waals surface area contributed by atoms with Gasteiger partial charge in [0.15, 0.2) is 0 Å². The Balaban J connectivity index is 1.47. The second-order valence-electron chi connectivity index (χ2n) is 5.16. The standard InChI is InChI=1S/C13H20N4O/c1-10-6-13(15-9-14-10)16-11-7-12(8-11)17-2-4-18-5-3-17/h6,9,11-12H,2-5,7-8H2,1H3,(H,14,15,16). The molecule has 1 aliphatic carbocycles. The minimum Gasteiger partial charge on any atom is -0.379 e. The SMILES string of the molecule is Cc1cc(NC2CC(N3CCOCC3)C2)ncn1. The van der Waals surface area contributed by atoms with Crippen LogP contribution in [-0.4, -0.2) is 53.3 Å². The van der Waals surface area contributed by atoms with Crippen molar-refractivity contribution in [1.82, 2.24) is 14.9 Å². The summed E-state index contributed by atoms with van der Waals surface area (Å²) < 4.78 is 5.38. The van der Waals surface area contributed by atoms with E-state index in [1.807, 2.05) is 13.0 Å². The fraction of sp³-hybridized carbons (Fsp3) is 0.692. The molecule has 2 aliphatic rings. The molecule has 1 saturated carbocycles. The van der Waals surface area contributed by atoms with Crippen LogP contribution in [0.15, 0.2) is 12.4 Å². The van der Waals surface area contributed by atoms with Gasteiger partial charge in [0.1, 0.15) is 12.1 Å². The first-order valence-electron chi connectivity index (χ1n) is 6.68. The second kappa shape index (κ2) is 5.20. The Hall–Kier alpha value is -1.20. The number of ether oxygens (including phenoxy) is 1. The van der Waals surface area contributed by atoms with Crippen molar-refractivity contribution < 1.29 is 4.74 Å². The first kappa shape index (κ1) is 11.9. The minimum absolute atomic E-state index is 0.562. The Morgan fingerprint density at radius 1 is 1.28 bits per heavy atom. The molecule has 1 saturated heterocycles. The summed E-state index contributed by atoms with van der Waals surface area (Å²) >= 11 is 0. The predicted octanol–water partition coefficient (Wildman–Crippen LogP) is 1.06. The summed E-state index contributed by atoms with van der Waals surface area (Å²) in [4.78, 5) is 10.9. The van der Waals surface area contributed by atoms with Gasteiger partial charge in [-0.3, -0.25) is 4.90 Å². The smallest absolute Gasteiger partial charge is 0.129 e. The van der Waals surface area contributed by atoms with Crippen molar-refractivity contribution in [3.05, 3.63) is 18.1 Å². The van der Waals surface area contributed by atoms with Crippen molar-refractivity contribution in [2.24, 2.45) is 0 Å². The maximum Gasteiger partial charge on any atom is 0.129 e. The molecule has 1 aliphatic heterocycles. The van der Waals surface area contributed by atoms with Crippen molar-refractivity contribution in [2.75, 3.05) is 31.6 Å². The Morgan fingerprint density at radius 2 is 2.06 bits per heavy atom. The van der Waals surface area contributed by atoms with E-state index in [1.165, 1.54) is 12.8 Å². The molecule has 2 heterocycles. The van der Waals surface area contributed by atoms with Crippen molar-refractivity contribution in [2.45, 2.75) is 31.8 Å². The lowest BCUT2D eigenvalue weighted by atomic mass is 9.85. The quantitative estimate of drug-likeness (QED) is 0.867. The van der Waals surface area contributed by atoms with Gasteiger partial charge in [-0.15, -0.1) is 0 Å². The van der Waals surface area contributed by atoms with Gasteiger partial charge in [-0.25, -0.2) is 9.97 Å². The highest BCUT2D eigenvalue weighted by Gasteiger charge is 2.34. The molecule has 0 amide bonds. The van der Waals surface area contributed by atoms with E-state index >= 15 is 0 Å². The van der Waals surface area contributed by atoms with Crippen LogP contribution in [0, 0.1) is 6.92 Å². The average Bonchev–Trinajstić information content (AvgIpc) is 2.34. The van der Waals surface area contributed by atoms with Crippen LogP contribution >= 0.6 is 0 Å². The molecule has 5 heteroatoms. The molecule has 0 aromatic carbocycles. The van der Waals surface area contributed by atoms with Crippen LogP contribution in [-0.2, 0) is 4.74 Å². The third-order valence-electron chi connectivity index (χ3n) is 3.83. The summed E-state index contributed by atoms with van der Waals surface area (Å²) in [6.45, 7) is 5.94. The number of hydrogen-bond acceptors (Lipinski definition) is 5. The summed E-state index contributed by atoms with van der Waals surface area (Å²) in [5, 5.41) is 3.48. The molecular formula is C13H20N4O. The van der Waals surface area contributed by atoms with Crippen LogP contribution in [0.25, 0.3) is 0 Å². The van der Waals surface area contributed by atoms with Gasteiger partial charge in [-0.05, 0) is 19.8 Å². The van der Waals surface area contributed by atoms with E-state index in [0.29, 0.717) is 6.04 Å². The molecule has 3 rings (SSSR count). The molecule has 0 radical (unpaired) electrons. The maximum absolute atomic E-state index is 5.38. The lowest BCUT2D eigenvalue weighted by molar-refractivity contribution is -0.00439. The van der Waals surface area contributed by atoms with Gasteiger partial charge in [0.2, 0.25) is 0 Å². The third kappa shape index (κ3) is 2.62. The number of aromatic nitrogens is 2. The van der Waals surface area contributed by atoms with Gasteiger partial charge >= 0.3 is 0 Å². The van der Waals surface area contributed by atoms with Gasteiger partial charge in [0.05, 0.1) is 13.2 Å². The first-order valence-corrected chi connectivity index (χ1v) is 6.68. The van der Waals surface area contributed by atoms with E-state index in [9.17, 15) is 0 Å². The van der Waals surface area contributed by atoms with Crippen LogP contribution in [0.3, 0.4) is 0 Å². The van der Waals surface area contributed by atoms with Gasteiger partial charge in [-0.2, -0.15) is 0 Å². The van der Waals surface area contributed by atoms with Crippen LogP contribution in [0.4, 0.5) is 5.82 Å². The fourth-order valence-corrected chi connectivity index (χ4v) is 2.69. The van der Waals surface area contributed by atoms with Crippen LogP contribution in [0.5, 0.6) is 0 Å². The molecule has 1 N–H and O–H groups in total.